The fourth-order valence-corrected chi connectivity index (χ4v) is 1.79. The topological polar surface area (TPSA) is 0 Å². The lowest BCUT2D eigenvalue weighted by Crippen LogP contribution is -1.84. The van der Waals surface area contributed by atoms with E-state index in [1.165, 1.54) is 11.1 Å². The smallest absolute Gasteiger partial charge is 0.0450 e. The Bertz CT molecular complexity index is 445. The summed E-state index contributed by atoms with van der Waals surface area (Å²) in [6, 6.07) is 20.5. The molecule has 2 aromatic rings. The molecule has 2 rings (SSSR count). The Kier molecular flexibility index (Phi) is 3.84. The molecule has 16 heavy (non-hydrogen) atoms. The van der Waals surface area contributed by atoms with Gasteiger partial charge in [0.05, 0.1) is 0 Å². The van der Waals surface area contributed by atoms with E-state index < -0.39 is 0 Å². The van der Waals surface area contributed by atoms with Crippen molar-refractivity contribution in [2.75, 3.05) is 0 Å². The van der Waals surface area contributed by atoms with Gasteiger partial charge in [-0.25, -0.2) is 0 Å². The first-order valence-corrected chi connectivity index (χ1v) is 5.84. The molecule has 0 saturated carbocycles. The minimum Gasteiger partial charge on any atom is -0.167 e. The molecule has 80 valence electrons. The van der Waals surface area contributed by atoms with Gasteiger partial charge in [-0.15, -0.1) is 0 Å². The van der Waals surface area contributed by atoms with Crippen LogP contribution in [0.2, 0.25) is 0 Å². The van der Waals surface area contributed by atoms with E-state index in [-0.39, 0.29) is 5.25 Å². The van der Waals surface area contributed by atoms with Gasteiger partial charge in [-0.2, -0.15) is 12.6 Å². The third-order valence-corrected chi connectivity index (χ3v) is 2.88. The Morgan fingerprint density at radius 1 is 0.812 bits per heavy atom. The predicted octanol–water partition coefficient (Wildman–Crippen LogP) is 4.37. The van der Waals surface area contributed by atoms with Crippen molar-refractivity contribution in [1.29, 1.82) is 0 Å². The average molecular weight is 226 g/mol. The molecular formula is C15H14S. The van der Waals surface area contributed by atoms with Crippen LogP contribution >= 0.6 is 12.6 Å². The average Bonchev–Trinajstić information content (AvgIpc) is 2.38. The Hall–Kier alpha value is -1.47. The zero-order valence-corrected chi connectivity index (χ0v) is 9.85. The summed E-state index contributed by atoms with van der Waals surface area (Å²) < 4.78 is 0. The highest BCUT2D eigenvalue weighted by atomic mass is 32.1. The van der Waals surface area contributed by atoms with Crippen molar-refractivity contribution in [3.8, 4) is 0 Å². The van der Waals surface area contributed by atoms with Crippen molar-refractivity contribution in [3.63, 3.8) is 0 Å². The van der Waals surface area contributed by atoms with Crippen LogP contribution < -0.4 is 0 Å². The maximum Gasteiger partial charge on any atom is 0.0450 e. The summed E-state index contributed by atoms with van der Waals surface area (Å²) in [6.07, 6.45) is 4.21. The van der Waals surface area contributed by atoms with Crippen LogP contribution in [0.1, 0.15) is 16.4 Å². The number of hydrogen-bond donors (Lipinski definition) is 1. The molecule has 1 atom stereocenters. The number of benzene rings is 2. The fourth-order valence-electron chi connectivity index (χ4n) is 1.53. The lowest BCUT2D eigenvalue weighted by Gasteiger charge is -2.04. The molecule has 0 nitrogen and oxygen atoms in total. The van der Waals surface area contributed by atoms with Crippen LogP contribution in [-0.4, -0.2) is 0 Å². The van der Waals surface area contributed by atoms with Crippen LogP contribution in [0.3, 0.4) is 0 Å². The molecule has 0 aliphatic heterocycles. The molecule has 0 aliphatic carbocycles. The minimum atomic E-state index is 0.154. The van der Waals surface area contributed by atoms with E-state index in [4.69, 9.17) is 0 Å². The Balaban J connectivity index is 2.08. The molecular weight excluding hydrogens is 212 g/mol. The summed E-state index contributed by atoms with van der Waals surface area (Å²) in [7, 11) is 0. The maximum atomic E-state index is 4.56. The van der Waals surface area contributed by atoms with Gasteiger partial charge in [-0.1, -0.05) is 72.8 Å². The van der Waals surface area contributed by atoms with E-state index >= 15 is 0 Å². The van der Waals surface area contributed by atoms with E-state index in [0.717, 1.165) is 0 Å². The van der Waals surface area contributed by atoms with Crippen molar-refractivity contribution in [1.82, 2.24) is 0 Å². The van der Waals surface area contributed by atoms with Crippen molar-refractivity contribution in [3.05, 3.63) is 77.9 Å². The number of rotatable bonds is 3. The standard InChI is InChI=1S/C15H14S/c16-15(14-9-5-2-6-10-14)12-11-13-7-3-1-4-8-13/h1-12,15-16H. The van der Waals surface area contributed by atoms with Gasteiger partial charge in [-0.05, 0) is 11.1 Å². The van der Waals surface area contributed by atoms with Crippen molar-refractivity contribution < 1.29 is 0 Å². The molecule has 0 N–H and O–H groups in total. The van der Waals surface area contributed by atoms with Gasteiger partial charge in [0, 0.05) is 5.25 Å². The molecule has 0 bridgehead atoms. The number of hydrogen-bond acceptors (Lipinski definition) is 1. The lowest BCUT2D eigenvalue weighted by molar-refractivity contribution is 1.25. The van der Waals surface area contributed by atoms with Crippen LogP contribution in [0.4, 0.5) is 0 Å². The van der Waals surface area contributed by atoms with E-state index in [9.17, 15) is 0 Å². The summed E-state index contributed by atoms with van der Waals surface area (Å²) >= 11 is 4.56. The second-order valence-corrected chi connectivity index (χ2v) is 4.18. The maximum absolute atomic E-state index is 4.56. The van der Waals surface area contributed by atoms with Crippen LogP contribution in [0.25, 0.3) is 6.08 Å². The van der Waals surface area contributed by atoms with Gasteiger partial charge in [-0.3, -0.25) is 0 Å². The Morgan fingerprint density at radius 2 is 1.38 bits per heavy atom. The van der Waals surface area contributed by atoms with Crippen LogP contribution in [0, 0.1) is 0 Å². The van der Waals surface area contributed by atoms with Gasteiger partial charge in [0.2, 0.25) is 0 Å². The van der Waals surface area contributed by atoms with Crippen molar-refractivity contribution >= 4 is 18.7 Å². The highest BCUT2D eigenvalue weighted by Crippen LogP contribution is 2.21. The third kappa shape index (κ3) is 3.01. The van der Waals surface area contributed by atoms with Crippen molar-refractivity contribution in [2.45, 2.75) is 5.25 Å². The first-order valence-electron chi connectivity index (χ1n) is 5.32. The predicted molar refractivity (Wildman–Crippen MR) is 73.6 cm³/mol. The molecule has 1 heteroatoms. The van der Waals surface area contributed by atoms with Gasteiger partial charge >= 0.3 is 0 Å². The van der Waals surface area contributed by atoms with Gasteiger partial charge in [0.25, 0.3) is 0 Å². The highest BCUT2D eigenvalue weighted by molar-refractivity contribution is 7.80. The molecule has 0 saturated heterocycles. The highest BCUT2D eigenvalue weighted by Gasteiger charge is 1.99. The normalized spacial score (nSPS) is 12.8. The molecule has 0 spiro atoms. The monoisotopic (exact) mass is 226 g/mol. The molecule has 0 amide bonds. The molecule has 1 unspecified atom stereocenters. The Morgan fingerprint density at radius 3 is 2.00 bits per heavy atom. The van der Waals surface area contributed by atoms with E-state index in [1.807, 2.05) is 36.4 Å². The SMILES string of the molecule is SC(C=Cc1ccccc1)c1ccccc1. The zero-order chi connectivity index (χ0) is 11.2. The van der Waals surface area contributed by atoms with Gasteiger partial charge < -0.3 is 0 Å². The van der Waals surface area contributed by atoms with Crippen LogP contribution in [0.15, 0.2) is 66.7 Å². The Labute approximate surface area is 102 Å². The molecule has 0 aliphatic rings. The van der Waals surface area contributed by atoms with Gasteiger partial charge in [0.15, 0.2) is 0 Å². The van der Waals surface area contributed by atoms with Crippen molar-refractivity contribution in [2.24, 2.45) is 0 Å². The molecule has 2 aromatic carbocycles. The summed E-state index contributed by atoms with van der Waals surface area (Å²) in [6.45, 7) is 0. The van der Waals surface area contributed by atoms with Gasteiger partial charge in [0.1, 0.15) is 0 Å². The first-order chi connectivity index (χ1) is 7.86. The molecule has 0 radical (unpaired) electrons. The van der Waals surface area contributed by atoms with E-state index in [2.05, 4.69) is 49.0 Å². The fraction of sp³-hybridized carbons (Fsp3) is 0.0667. The lowest BCUT2D eigenvalue weighted by atomic mass is 10.1. The third-order valence-electron chi connectivity index (χ3n) is 2.41. The summed E-state index contributed by atoms with van der Waals surface area (Å²) in [4.78, 5) is 0. The minimum absolute atomic E-state index is 0.154. The van der Waals surface area contributed by atoms with Crippen LogP contribution in [-0.2, 0) is 0 Å². The van der Waals surface area contributed by atoms with E-state index in [1.54, 1.807) is 0 Å². The summed E-state index contributed by atoms with van der Waals surface area (Å²) in [5, 5.41) is 0.154. The number of thiol groups is 1. The molecule has 0 heterocycles. The zero-order valence-electron chi connectivity index (χ0n) is 8.95. The second-order valence-electron chi connectivity index (χ2n) is 3.63. The largest absolute Gasteiger partial charge is 0.167 e. The van der Waals surface area contributed by atoms with E-state index in [0.29, 0.717) is 0 Å². The summed E-state index contributed by atoms with van der Waals surface area (Å²) in [5.74, 6) is 0. The summed E-state index contributed by atoms with van der Waals surface area (Å²) in [5.41, 5.74) is 2.43. The van der Waals surface area contributed by atoms with Crippen LogP contribution in [0.5, 0.6) is 0 Å². The second kappa shape index (κ2) is 5.57. The first kappa shape index (κ1) is 11.0. The molecule has 0 fully saturated rings. The molecule has 0 aromatic heterocycles. The quantitative estimate of drug-likeness (QED) is 0.738.